The number of rotatable bonds is 11. The highest BCUT2D eigenvalue weighted by Crippen LogP contribution is 2.33. The molecule has 1 saturated carbocycles. The van der Waals surface area contributed by atoms with E-state index in [0.717, 1.165) is 41.6 Å². The lowest BCUT2D eigenvalue weighted by Crippen LogP contribution is -2.41. The molecule has 1 aliphatic rings. The summed E-state index contributed by atoms with van der Waals surface area (Å²) in [4.78, 5) is 41.6. The summed E-state index contributed by atoms with van der Waals surface area (Å²) >= 11 is 1.11. The number of thiazole rings is 1. The van der Waals surface area contributed by atoms with Gasteiger partial charge in [0, 0.05) is 36.4 Å². The standard InChI is InChI=1S/C27H32N4O6S2/c1-27(2,15-32)14-29-24(34)17-6-4-16(5-7-17)18-8-11-20-21(12-18)38-26(31-20)23(39(3,36)37)25(35)28-13-22(33)30-19-9-10-19/h4-8,11-12,19,23,32H,9-10,13-15H2,1-3H3,(H,28,35)(H,29,34)(H,30,33). The molecule has 0 saturated heterocycles. The zero-order valence-corrected chi connectivity index (χ0v) is 23.6. The normalized spacial score (nSPS) is 14.6. The quantitative estimate of drug-likeness (QED) is 0.275. The Morgan fingerprint density at radius 1 is 1.08 bits per heavy atom. The molecule has 1 heterocycles. The Balaban J connectivity index is 1.50. The average molecular weight is 573 g/mol. The van der Waals surface area contributed by atoms with Crippen LogP contribution >= 0.6 is 11.3 Å². The van der Waals surface area contributed by atoms with Crippen LogP contribution in [0.15, 0.2) is 42.5 Å². The van der Waals surface area contributed by atoms with Crippen molar-refractivity contribution in [2.24, 2.45) is 5.41 Å². The van der Waals surface area contributed by atoms with Crippen LogP contribution < -0.4 is 16.0 Å². The predicted octanol–water partition coefficient (Wildman–Crippen LogP) is 2.19. The molecule has 208 valence electrons. The lowest BCUT2D eigenvalue weighted by molar-refractivity contribution is -0.126. The van der Waals surface area contributed by atoms with E-state index < -0.39 is 26.4 Å². The monoisotopic (exact) mass is 572 g/mol. The van der Waals surface area contributed by atoms with E-state index in [0.29, 0.717) is 22.3 Å². The summed E-state index contributed by atoms with van der Waals surface area (Å²) in [5.74, 6) is -1.38. The van der Waals surface area contributed by atoms with Gasteiger partial charge in [0.1, 0.15) is 5.01 Å². The Labute approximate surface area is 231 Å². The van der Waals surface area contributed by atoms with Crippen molar-refractivity contribution < 1.29 is 27.9 Å². The predicted molar refractivity (Wildman–Crippen MR) is 150 cm³/mol. The highest BCUT2D eigenvalue weighted by Gasteiger charge is 2.34. The molecule has 1 atom stereocenters. The Hall–Kier alpha value is -3.35. The first-order valence-corrected chi connectivity index (χ1v) is 15.3. The second-order valence-electron chi connectivity index (χ2n) is 10.6. The number of hydrogen-bond acceptors (Lipinski definition) is 8. The second kappa shape index (κ2) is 11.4. The third kappa shape index (κ3) is 7.40. The summed E-state index contributed by atoms with van der Waals surface area (Å²) in [5.41, 5.74) is 2.30. The number of carbonyl (C=O) groups excluding carboxylic acids is 3. The summed E-state index contributed by atoms with van der Waals surface area (Å²) in [5, 5.41) is 16.0. The van der Waals surface area contributed by atoms with Gasteiger partial charge < -0.3 is 21.1 Å². The first-order chi connectivity index (χ1) is 18.4. The maximum absolute atomic E-state index is 12.8. The molecule has 0 bridgehead atoms. The van der Waals surface area contributed by atoms with Crippen molar-refractivity contribution in [3.63, 3.8) is 0 Å². The van der Waals surface area contributed by atoms with Gasteiger partial charge in [-0.05, 0) is 48.2 Å². The minimum Gasteiger partial charge on any atom is -0.396 e. The molecule has 0 radical (unpaired) electrons. The minimum absolute atomic E-state index is 0.0405. The number of carbonyl (C=O) groups is 3. The molecule has 0 aliphatic heterocycles. The number of aromatic nitrogens is 1. The van der Waals surface area contributed by atoms with Crippen LogP contribution in [-0.4, -0.2) is 68.2 Å². The number of fused-ring (bicyclic) bond motifs is 1. The van der Waals surface area contributed by atoms with E-state index in [1.165, 1.54) is 0 Å². The second-order valence-corrected chi connectivity index (χ2v) is 13.8. The number of hydrogen-bond donors (Lipinski definition) is 4. The smallest absolute Gasteiger partial charge is 0.251 e. The van der Waals surface area contributed by atoms with Gasteiger partial charge in [-0.1, -0.05) is 32.0 Å². The third-order valence-electron chi connectivity index (χ3n) is 6.30. The minimum atomic E-state index is -3.86. The summed E-state index contributed by atoms with van der Waals surface area (Å²) in [7, 11) is -3.86. The number of benzene rings is 2. The van der Waals surface area contributed by atoms with Crippen LogP contribution in [0.2, 0.25) is 0 Å². The fourth-order valence-corrected chi connectivity index (χ4v) is 6.33. The van der Waals surface area contributed by atoms with E-state index in [2.05, 4.69) is 20.9 Å². The van der Waals surface area contributed by atoms with E-state index in [4.69, 9.17) is 0 Å². The highest BCUT2D eigenvalue weighted by molar-refractivity contribution is 7.91. The van der Waals surface area contributed by atoms with Gasteiger partial charge in [0.05, 0.1) is 16.8 Å². The van der Waals surface area contributed by atoms with Crippen LogP contribution in [0.4, 0.5) is 0 Å². The van der Waals surface area contributed by atoms with Gasteiger partial charge in [-0.3, -0.25) is 14.4 Å². The van der Waals surface area contributed by atoms with E-state index in [1.54, 1.807) is 18.2 Å². The molecule has 1 aromatic heterocycles. The first-order valence-electron chi connectivity index (χ1n) is 12.5. The number of nitrogens with one attached hydrogen (secondary N) is 3. The molecule has 1 fully saturated rings. The summed E-state index contributed by atoms with van der Waals surface area (Å²) in [6.45, 7) is 3.71. The molecule has 10 nitrogen and oxygen atoms in total. The number of nitrogens with zero attached hydrogens (tertiary/aromatic N) is 1. The molecule has 12 heteroatoms. The number of amides is 3. The van der Waals surface area contributed by atoms with Gasteiger partial charge >= 0.3 is 0 Å². The van der Waals surface area contributed by atoms with Crippen molar-refractivity contribution in [1.82, 2.24) is 20.9 Å². The molecule has 3 aromatic rings. The van der Waals surface area contributed by atoms with Crippen molar-refractivity contribution in [3.05, 3.63) is 53.0 Å². The van der Waals surface area contributed by atoms with Gasteiger partial charge in [0.25, 0.3) is 5.91 Å². The number of aliphatic hydroxyl groups excluding tert-OH is 1. The van der Waals surface area contributed by atoms with Crippen LogP contribution in [0.3, 0.4) is 0 Å². The first kappa shape index (κ1) is 28.7. The lowest BCUT2D eigenvalue weighted by Gasteiger charge is -2.21. The van der Waals surface area contributed by atoms with Gasteiger partial charge in [-0.2, -0.15) is 0 Å². The molecule has 4 N–H and O–H groups in total. The van der Waals surface area contributed by atoms with Crippen LogP contribution in [0.25, 0.3) is 21.3 Å². The number of sulfone groups is 1. The van der Waals surface area contributed by atoms with Crippen molar-refractivity contribution in [2.45, 2.75) is 38.0 Å². The van der Waals surface area contributed by atoms with Crippen molar-refractivity contribution in [2.75, 3.05) is 26.0 Å². The van der Waals surface area contributed by atoms with Crippen LogP contribution in [0, 0.1) is 5.41 Å². The van der Waals surface area contributed by atoms with Crippen molar-refractivity contribution >= 4 is 49.1 Å². The molecule has 2 aromatic carbocycles. The van der Waals surface area contributed by atoms with Gasteiger partial charge in [0.15, 0.2) is 15.1 Å². The van der Waals surface area contributed by atoms with Crippen LogP contribution in [0.1, 0.15) is 47.3 Å². The van der Waals surface area contributed by atoms with Gasteiger partial charge in [0.2, 0.25) is 11.8 Å². The van der Waals surface area contributed by atoms with E-state index >= 15 is 0 Å². The maximum atomic E-state index is 12.8. The summed E-state index contributed by atoms with van der Waals surface area (Å²) < 4.78 is 25.8. The fourth-order valence-electron chi connectivity index (χ4n) is 3.78. The maximum Gasteiger partial charge on any atom is 0.251 e. The Kier molecular flexibility index (Phi) is 8.38. The third-order valence-corrected chi connectivity index (χ3v) is 8.82. The summed E-state index contributed by atoms with van der Waals surface area (Å²) in [6, 6.07) is 12.6. The molecule has 4 rings (SSSR count). The highest BCUT2D eigenvalue weighted by atomic mass is 32.2. The average Bonchev–Trinajstić information content (AvgIpc) is 3.60. The Bertz CT molecular complexity index is 1490. The van der Waals surface area contributed by atoms with Gasteiger partial charge in [-0.15, -0.1) is 11.3 Å². The van der Waals surface area contributed by atoms with E-state index in [1.807, 2.05) is 38.1 Å². The van der Waals surface area contributed by atoms with Crippen LogP contribution in [-0.2, 0) is 19.4 Å². The molecule has 1 aliphatic carbocycles. The van der Waals surface area contributed by atoms with E-state index in [-0.39, 0.29) is 36.0 Å². The van der Waals surface area contributed by atoms with Crippen LogP contribution in [0.5, 0.6) is 0 Å². The number of aliphatic hydroxyl groups is 1. The zero-order valence-electron chi connectivity index (χ0n) is 22.0. The summed E-state index contributed by atoms with van der Waals surface area (Å²) in [6.07, 6.45) is 2.78. The fraction of sp³-hybridized carbons (Fsp3) is 0.407. The molecule has 3 amide bonds. The Morgan fingerprint density at radius 2 is 1.74 bits per heavy atom. The molecule has 39 heavy (non-hydrogen) atoms. The molecular weight excluding hydrogens is 540 g/mol. The Morgan fingerprint density at radius 3 is 2.36 bits per heavy atom. The van der Waals surface area contributed by atoms with Gasteiger partial charge in [-0.25, -0.2) is 13.4 Å². The zero-order chi connectivity index (χ0) is 28.4. The molecule has 1 unspecified atom stereocenters. The van der Waals surface area contributed by atoms with E-state index in [9.17, 15) is 27.9 Å². The largest absolute Gasteiger partial charge is 0.396 e. The molecular formula is C27H32N4O6S2. The lowest BCUT2D eigenvalue weighted by atomic mass is 9.95. The van der Waals surface area contributed by atoms with Crippen molar-refractivity contribution in [3.8, 4) is 11.1 Å². The molecule has 0 spiro atoms. The SMILES string of the molecule is CC(C)(CO)CNC(=O)c1ccc(-c2ccc3nc(C(C(=O)NCC(=O)NC4CC4)S(C)(=O)=O)sc3c2)cc1. The topological polar surface area (TPSA) is 155 Å². The van der Waals surface area contributed by atoms with Crippen molar-refractivity contribution in [1.29, 1.82) is 0 Å².